The molecule has 20 heavy (non-hydrogen) atoms. The number of likely N-dealkylation sites (tertiary alicyclic amines) is 1. The van der Waals surface area contributed by atoms with Gasteiger partial charge < -0.3 is 15.3 Å². The molecule has 0 aromatic carbocycles. The molecule has 0 spiro atoms. The van der Waals surface area contributed by atoms with Gasteiger partial charge in [-0.2, -0.15) is 0 Å². The van der Waals surface area contributed by atoms with E-state index in [1.807, 2.05) is 6.92 Å². The summed E-state index contributed by atoms with van der Waals surface area (Å²) in [7, 11) is 0. The highest BCUT2D eigenvalue weighted by Crippen LogP contribution is 2.18. The van der Waals surface area contributed by atoms with Crippen LogP contribution in [0.1, 0.15) is 23.1 Å². The van der Waals surface area contributed by atoms with Crippen molar-refractivity contribution in [3.63, 3.8) is 0 Å². The molecule has 1 aliphatic heterocycles. The number of thiophene rings is 1. The van der Waals surface area contributed by atoms with E-state index in [-0.39, 0.29) is 12.1 Å². The standard InChI is InChI=1S/C14H20N2O3S/c1-9(7-12-4-3-10(2)20-12)15-14(19)16-6-5-11(8-16)13(17)18/h3-4,9,11H,5-8H2,1-2H3,(H,15,19)(H,17,18). The fraction of sp³-hybridized carbons (Fsp3) is 0.571. The molecule has 1 aromatic heterocycles. The zero-order valence-corrected chi connectivity index (χ0v) is 12.6. The first-order chi connectivity index (χ1) is 9.45. The van der Waals surface area contributed by atoms with E-state index >= 15 is 0 Å². The van der Waals surface area contributed by atoms with Crippen molar-refractivity contribution < 1.29 is 14.7 Å². The molecule has 110 valence electrons. The minimum Gasteiger partial charge on any atom is -0.481 e. The minimum absolute atomic E-state index is 0.0458. The molecule has 2 amide bonds. The third-order valence-electron chi connectivity index (χ3n) is 3.50. The predicted octanol–water partition coefficient (Wildman–Crippen LogP) is 2.10. The summed E-state index contributed by atoms with van der Waals surface area (Å²) >= 11 is 1.74. The molecule has 5 nitrogen and oxygen atoms in total. The SMILES string of the molecule is Cc1ccc(CC(C)NC(=O)N2CCC(C(=O)O)C2)s1. The van der Waals surface area contributed by atoms with E-state index in [1.165, 1.54) is 9.75 Å². The number of urea groups is 1. The highest BCUT2D eigenvalue weighted by Gasteiger charge is 2.31. The van der Waals surface area contributed by atoms with Gasteiger partial charge in [0.1, 0.15) is 0 Å². The second-order valence-corrected chi connectivity index (χ2v) is 6.71. The Morgan fingerprint density at radius 3 is 2.85 bits per heavy atom. The van der Waals surface area contributed by atoms with Gasteiger partial charge in [0.05, 0.1) is 5.92 Å². The predicted molar refractivity (Wildman–Crippen MR) is 78.1 cm³/mol. The highest BCUT2D eigenvalue weighted by atomic mass is 32.1. The average molecular weight is 296 g/mol. The molecule has 1 fully saturated rings. The zero-order valence-electron chi connectivity index (χ0n) is 11.8. The summed E-state index contributed by atoms with van der Waals surface area (Å²) in [6.07, 6.45) is 1.35. The van der Waals surface area contributed by atoms with Gasteiger partial charge in [-0.1, -0.05) is 0 Å². The largest absolute Gasteiger partial charge is 0.481 e. The van der Waals surface area contributed by atoms with Crippen LogP contribution in [0.15, 0.2) is 12.1 Å². The van der Waals surface area contributed by atoms with Crippen molar-refractivity contribution in [1.82, 2.24) is 10.2 Å². The van der Waals surface area contributed by atoms with Crippen molar-refractivity contribution in [2.45, 2.75) is 32.7 Å². The number of carbonyl (C=O) groups excluding carboxylic acids is 1. The fourth-order valence-electron chi connectivity index (χ4n) is 2.40. The zero-order chi connectivity index (χ0) is 14.7. The number of carboxylic acids is 1. The van der Waals surface area contributed by atoms with Crippen molar-refractivity contribution in [1.29, 1.82) is 0 Å². The van der Waals surface area contributed by atoms with Crippen LogP contribution in [0.25, 0.3) is 0 Å². The molecule has 6 heteroatoms. The summed E-state index contributed by atoms with van der Waals surface area (Å²) in [5.41, 5.74) is 0. The highest BCUT2D eigenvalue weighted by molar-refractivity contribution is 7.11. The summed E-state index contributed by atoms with van der Waals surface area (Å²) in [5, 5.41) is 11.9. The van der Waals surface area contributed by atoms with Gasteiger partial charge in [0.2, 0.25) is 0 Å². The van der Waals surface area contributed by atoms with E-state index in [1.54, 1.807) is 16.2 Å². The first kappa shape index (κ1) is 14.8. The van der Waals surface area contributed by atoms with E-state index in [0.717, 1.165) is 6.42 Å². The van der Waals surface area contributed by atoms with E-state index in [0.29, 0.717) is 19.5 Å². The Morgan fingerprint density at radius 2 is 2.30 bits per heavy atom. The molecule has 1 aliphatic rings. The molecule has 2 N–H and O–H groups in total. The number of rotatable bonds is 4. The third kappa shape index (κ3) is 3.72. The Bertz CT molecular complexity index is 500. The van der Waals surface area contributed by atoms with Crippen LogP contribution in [0.5, 0.6) is 0 Å². The molecule has 0 radical (unpaired) electrons. The van der Waals surface area contributed by atoms with Crippen LogP contribution >= 0.6 is 11.3 Å². The Morgan fingerprint density at radius 1 is 1.55 bits per heavy atom. The molecule has 2 rings (SSSR count). The first-order valence-corrected chi connectivity index (χ1v) is 7.61. The van der Waals surface area contributed by atoms with Gasteiger partial charge in [-0.15, -0.1) is 11.3 Å². The maximum Gasteiger partial charge on any atom is 0.317 e. The lowest BCUT2D eigenvalue weighted by atomic mass is 10.1. The van der Waals surface area contributed by atoms with Gasteiger partial charge in [0.25, 0.3) is 0 Å². The lowest BCUT2D eigenvalue weighted by Crippen LogP contribution is -2.43. The van der Waals surface area contributed by atoms with Gasteiger partial charge in [-0.3, -0.25) is 4.79 Å². The quantitative estimate of drug-likeness (QED) is 0.894. The number of carboxylic acid groups (broad SMARTS) is 1. The summed E-state index contributed by atoms with van der Waals surface area (Å²) in [6, 6.07) is 4.05. The summed E-state index contributed by atoms with van der Waals surface area (Å²) in [4.78, 5) is 27.0. The normalized spacial score (nSPS) is 19.9. The van der Waals surface area contributed by atoms with Crippen molar-refractivity contribution >= 4 is 23.3 Å². The molecular formula is C14H20N2O3S. The Hall–Kier alpha value is -1.56. The van der Waals surface area contributed by atoms with Gasteiger partial charge in [-0.25, -0.2) is 4.79 Å². The minimum atomic E-state index is -0.817. The van der Waals surface area contributed by atoms with Crippen molar-refractivity contribution in [3.05, 3.63) is 21.9 Å². The van der Waals surface area contributed by atoms with Gasteiger partial charge in [0.15, 0.2) is 0 Å². The third-order valence-corrected chi connectivity index (χ3v) is 4.52. The van der Waals surface area contributed by atoms with Gasteiger partial charge in [-0.05, 0) is 32.4 Å². The lowest BCUT2D eigenvalue weighted by molar-refractivity contribution is -0.141. The number of hydrogen-bond acceptors (Lipinski definition) is 3. The Kier molecular flexibility index (Phi) is 4.65. The van der Waals surface area contributed by atoms with Crippen LogP contribution < -0.4 is 5.32 Å². The molecule has 0 aliphatic carbocycles. The number of aryl methyl sites for hydroxylation is 1. The van der Waals surface area contributed by atoms with Crippen LogP contribution in [-0.2, 0) is 11.2 Å². The van der Waals surface area contributed by atoms with E-state index in [9.17, 15) is 9.59 Å². The molecule has 1 saturated heterocycles. The molecule has 1 aromatic rings. The van der Waals surface area contributed by atoms with Crippen LogP contribution in [0.4, 0.5) is 4.79 Å². The smallest absolute Gasteiger partial charge is 0.317 e. The molecule has 0 bridgehead atoms. The number of nitrogens with zero attached hydrogens (tertiary/aromatic N) is 1. The van der Waals surface area contributed by atoms with E-state index in [4.69, 9.17) is 5.11 Å². The molecule has 2 atom stereocenters. The number of nitrogens with one attached hydrogen (secondary N) is 1. The average Bonchev–Trinajstić information content (AvgIpc) is 2.98. The topological polar surface area (TPSA) is 69.6 Å². The Labute approximate surface area is 122 Å². The molecule has 2 heterocycles. The maximum atomic E-state index is 12.0. The Balaban J connectivity index is 1.81. The van der Waals surface area contributed by atoms with Gasteiger partial charge >= 0.3 is 12.0 Å². The second kappa shape index (κ2) is 6.26. The van der Waals surface area contributed by atoms with Crippen LogP contribution in [-0.4, -0.2) is 41.1 Å². The number of amides is 2. The number of aliphatic carboxylic acids is 1. The summed E-state index contributed by atoms with van der Waals surface area (Å²) in [5.74, 6) is -1.24. The maximum absolute atomic E-state index is 12.0. The number of hydrogen-bond donors (Lipinski definition) is 2. The van der Waals surface area contributed by atoms with Crippen LogP contribution in [0.2, 0.25) is 0 Å². The fourth-order valence-corrected chi connectivity index (χ4v) is 3.42. The van der Waals surface area contributed by atoms with Gasteiger partial charge in [0, 0.05) is 35.3 Å². The van der Waals surface area contributed by atoms with Crippen LogP contribution in [0, 0.1) is 12.8 Å². The second-order valence-electron chi connectivity index (χ2n) is 5.34. The molecular weight excluding hydrogens is 276 g/mol. The summed E-state index contributed by atoms with van der Waals surface area (Å²) < 4.78 is 0. The van der Waals surface area contributed by atoms with Crippen LogP contribution in [0.3, 0.4) is 0 Å². The first-order valence-electron chi connectivity index (χ1n) is 6.79. The van der Waals surface area contributed by atoms with Crippen molar-refractivity contribution in [2.75, 3.05) is 13.1 Å². The monoisotopic (exact) mass is 296 g/mol. The van der Waals surface area contributed by atoms with Crippen molar-refractivity contribution in [2.24, 2.45) is 5.92 Å². The summed E-state index contributed by atoms with van der Waals surface area (Å²) in [6.45, 7) is 4.87. The van der Waals surface area contributed by atoms with E-state index in [2.05, 4.69) is 24.4 Å². The van der Waals surface area contributed by atoms with Crippen molar-refractivity contribution in [3.8, 4) is 0 Å². The number of carbonyl (C=O) groups is 2. The lowest BCUT2D eigenvalue weighted by Gasteiger charge is -2.20. The molecule has 2 unspecified atom stereocenters. The molecule has 0 saturated carbocycles. The van der Waals surface area contributed by atoms with E-state index < -0.39 is 11.9 Å².